The number of aromatic nitrogens is 1. The summed E-state index contributed by atoms with van der Waals surface area (Å²) in [7, 11) is 0. The first-order chi connectivity index (χ1) is 15.5. The molecule has 3 rings (SSSR count). The van der Waals surface area contributed by atoms with E-state index in [9.17, 15) is 14.4 Å². The number of Topliss-reactive ketones (excluding diaryl/α,β-unsaturated/α-hetero) is 1. The van der Waals surface area contributed by atoms with Gasteiger partial charge in [-0.3, -0.25) is 14.6 Å². The molecule has 1 atom stereocenters. The molecule has 0 radical (unpaired) electrons. The maximum Gasteiger partial charge on any atom is 0.321 e. The second kappa shape index (κ2) is 11.6. The monoisotopic (exact) mass is 431 g/mol. The van der Waals surface area contributed by atoms with E-state index < -0.39 is 23.8 Å². The lowest BCUT2D eigenvalue weighted by molar-refractivity contribution is -0.165. The van der Waals surface area contributed by atoms with Crippen LogP contribution in [0.2, 0.25) is 0 Å². The first-order valence-electron chi connectivity index (χ1n) is 10.4. The number of carbonyl (C=O) groups excluding carboxylic acids is 3. The first kappa shape index (κ1) is 22.9. The molecule has 0 saturated heterocycles. The SMILES string of the molecule is CC(=O)C[C@@H](c1ccccn1)C(C(=O)OCc1ccccc1)C(=O)OCc1ccccc1. The average molecular weight is 431 g/mol. The van der Waals surface area contributed by atoms with Gasteiger partial charge in [0.25, 0.3) is 0 Å². The van der Waals surface area contributed by atoms with Gasteiger partial charge in [-0.2, -0.15) is 0 Å². The molecule has 3 aromatic rings. The Hall–Kier alpha value is -3.80. The molecule has 0 aliphatic rings. The number of benzene rings is 2. The number of ketones is 1. The Morgan fingerprint density at radius 3 is 1.69 bits per heavy atom. The quantitative estimate of drug-likeness (QED) is 0.353. The van der Waals surface area contributed by atoms with Crippen LogP contribution in [0.5, 0.6) is 0 Å². The number of rotatable bonds is 10. The number of ether oxygens (including phenoxy) is 2. The molecule has 0 bridgehead atoms. The summed E-state index contributed by atoms with van der Waals surface area (Å²) in [5.41, 5.74) is 2.04. The Bertz CT molecular complexity index is 966. The molecule has 1 heterocycles. The van der Waals surface area contributed by atoms with Gasteiger partial charge in [0.05, 0.1) is 0 Å². The van der Waals surface area contributed by atoms with Gasteiger partial charge in [0.15, 0.2) is 5.92 Å². The summed E-state index contributed by atoms with van der Waals surface area (Å²) in [6.07, 6.45) is 1.52. The Morgan fingerprint density at radius 1 is 0.750 bits per heavy atom. The minimum atomic E-state index is -1.32. The van der Waals surface area contributed by atoms with Crippen molar-refractivity contribution in [3.63, 3.8) is 0 Å². The van der Waals surface area contributed by atoms with E-state index in [-0.39, 0.29) is 25.4 Å². The van der Waals surface area contributed by atoms with Gasteiger partial charge in [0, 0.05) is 24.2 Å². The third-order valence-corrected chi connectivity index (χ3v) is 4.93. The fourth-order valence-corrected chi connectivity index (χ4v) is 3.36. The Balaban J connectivity index is 1.84. The molecule has 6 nitrogen and oxygen atoms in total. The van der Waals surface area contributed by atoms with Gasteiger partial charge < -0.3 is 14.3 Å². The summed E-state index contributed by atoms with van der Waals surface area (Å²) in [5, 5.41) is 0. The third-order valence-electron chi connectivity index (χ3n) is 4.93. The molecule has 0 aliphatic carbocycles. The average Bonchev–Trinajstić information content (AvgIpc) is 2.82. The van der Waals surface area contributed by atoms with E-state index >= 15 is 0 Å². The highest BCUT2D eigenvalue weighted by Crippen LogP contribution is 2.30. The zero-order valence-corrected chi connectivity index (χ0v) is 17.8. The van der Waals surface area contributed by atoms with Crippen LogP contribution >= 0.6 is 0 Å². The van der Waals surface area contributed by atoms with Crippen LogP contribution in [0, 0.1) is 5.92 Å². The van der Waals surface area contributed by atoms with Gasteiger partial charge in [-0.15, -0.1) is 0 Å². The van der Waals surface area contributed by atoms with Crippen LogP contribution in [0.3, 0.4) is 0 Å². The molecule has 2 aromatic carbocycles. The number of hydrogen-bond donors (Lipinski definition) is 0. The van der Waals surface area contributed by atoms with Crippen molar-refractivity contribution >= 4 is 17.7 Å². The highest BCUT2D eigenvalue weighted by atomic mass is 16.6. The molecule has 0 saturated carbocycles. The van der Waals surface area contributed by atoms with Gasteiger partial charge >= 0.3 is 11.9 Å². The molecular formula is C26H25NO5. The molecule has 164 valence electrons. The first-order valence-corrected chi connectivity index (χ1v) is 10.4. The summed E-state index contributed by atoms with van der Waals surface area (Å²) in [5.74, 6) is -3.77. The maximum atomic E-state index is 13.1. The lowest BCUT2D eigenvalue weighted by atomic mass is 9.85. The largest absolute Gasteiger partial charge is 0.460 e. The topological polar surface area (TPSA) is 82.6 Å². The molecule has 32 heavy (non-hydrogen) atoms. The number of nitrogens with zero attached hydrogens (tertiary/aromatic N) is 1. The fraction of sp³-hybridized carbons (Fsp3) is 0.231. The van der Waals surface area contributed by atoms with Crippen molar-refractivity contribution in [1.82, 2.24) is 4.98 Å². The molecular weight excluding hydrogens is 406 g/mol. The molecule has 0 aliphatic heterocycles. The van der Waals surface area contributed by atoms with E-state index in [1.165, 1.54) is 6.92 Å². The van der Waals surface area contributed by atoms with Crippen LogP contribution in [0.15, 0.2) is 85.1 Å². The number of pyridine rings is 1. The maximum absolute atomic E-state index is 13.1. The summed E-state index contributed by atoms with van der Waals surface area (Å²) in [6, 6.07) is 23.5. The summed E-state index contributed by atoms with van der Waals surface area (Å²) in [4.78, 5) is 42.5. The molecule has 0 amide bonds. The van der Waals surface area contributed by atoms with Crippen LogP contribution < -0.4 is 0 Å². The van der Waals surface area contributed by atoms with Crippen LogP contribution in [-0.2, 0) is 37.1 Å². The highest BCUT2D eigenvalue weighted by molar-refractivity contribution is 5.96. The van der Waals surface area contributed by atoms with E-state index in [1.807, 2.05) is 60.7 Å². The summed E-state index contributed by atoms with van der Waals surface area (Å²) in [6.45, 7) is 1.44. The van der Waals surface area contributed by atoms with Crippen molar-refractivity contribution in [2.75, 3.05) is 0 Å². The van der Waals surface area contributed by atoms with Crippen molar-refractivity contribution in [2.45, 2.75) is 32.5 Å². The fourth-order valence-electron chi connectivity index (χ4n) is 3.36. The van der Waals surface area contributed by atoms with Crippen molar-refractivity contribution in [1.29, 1.82) is 0 Å². The molecule has 0 spiro atoms. The predicted molar refractivity (Wildman–Crippen MR) is 118 cm³/mol. The second-order valence-corrected chi connectivity index (χ2v) is 7.43. The standard InChI is InChI=1S/C26H25NO5/c1-19(28)16-22(23-14-8-9-15-27-23)24(25(29)31-17-20-10-4-2-5-11-20)26(30)32-18-21-12-6-3-7-13-21/h2-15,22,24H,16-18H2,1H3/t22-/m0/s1. The van der Waals surface area contributed by atoms with Gasteiger partial charge in [0.1, 0.15) is 19.0 Å². The van der Waals surface area contributed by atoms with Gasteiger partial charge in [-0.25, -0.2) is 0 Å². The molecule has 0 unspecified atom stereocenters. The van der Waals surface area contributed by atoms with Gasteiger partial charge in [0.2, 0.25) is 0 Å². The van der Waals surface area contributed by atoms with E-state index in [0.29, 0.717) is 5.69 Å². The normalized spacial score (nSPS) is 11.6. The predicted octanol–water partition coefficient (Wildman–Crippen LogP) is 4.25. The van der Waals surface area contributed by atoms with E-state index in [0.717, 1.165) is 11.1 Å². The van der Waals surface area contributed by atoms with Crippen LogP contribution in [0.4, 0.5) is 0 Å². The van der Waals surface area contributed by atoms with Gasteiger partial charge in [-0.05, 0) is 30.2 Å². The van der Waals surface area contributed by atoms with Crippen LogP contribution in [0.1, 0.15) is 36.1 Å². The Kier molecular flexibility index (Phi) is 8.26. The molecule has 0 fully saturated rings. The molecule has 6 heteroatoms. The van der Waals surface area contributed by atoms with Crippen molar-refractivity contribution in [3.8, 4) is 0 Å². The minimum absolute atomic E-state index is 0.0111. The Labute approximate surface area is 187 Å². The van der Waals surface area contributed by atoms with E-state index in [4.69, 9.17) is 9.47 Å². The summed E-state index contributed by atoms with van der Waals surface area (Å²) >= 11 is 0. The zero-order valence-electron chi connectivity index (χ0n) is 17.8. The smallest absolute Gasteiger partial charge is 0.321 e. The van der Waals surface area contributed by atoms with Crippen LogP contribution in [0.25, 0.3) is 0 Å². The Morgan fingerprint density at radius 2 is 1.25 bits per heavy atom. The van der Waals surface area contributed by atoms with Gasteiger partial charge in [-0.1, -0.05) is 66.7 Å². The third kappa shape index (κ3) is 6.60. The van der Waals surface area contributed by atoms with E-state index in [2.05, 4.69) is 4.98 Å². The second-order valence-electron chi connectivity index (χ2n) is 7.43. The minimum Gasteiger partial charge on any atom is -0.460 e. The highest BCUT2D eigenvalue weighted by Gasteiger charge is 2.40. The zero-order chi connectivity index (χ0) is 22.8. The van der Waals surface area contributed by atoms with Crippen molar-refractivity contribution in [3.05, 3.63) is 102 Å². The van der Waals surface area contributed by atoms with Crippen molar-refractivity contribution in [2.24, 2.45) is 5.92 Å². The number of carbonyl (C=O) groups is 3. The lowest BCUT2D eigenvalue weighted by Crippen LogP contribution is -2.34. The van der Waals surface area contributed by atoms with Crippen molar-refractivity contribution < 1.29 is 23.9 Å². The molecule has 1 aromatic heterocycles. The molecule has 0 N–H and O–H groups in total. The lowest BCUT2D eigenvalue weighted by Gasteiger charge is -2.23. The number of esters is 2. The summed E-state index contributed by atoms with van der Waals surface area (Å²) < 4.78 is 10.9. The number of hydrogen-bond acceptors (Lipinski definition) is 6. The van der Waals surface area contributed by atoms with Crippen LogP contribution in [-0.4, -0.2) is 22.7 Å². The van der Waals surface area contributed by atoms with E-state index in [1.54, 1.807) is 24.4 Å².